The van der Waals surface area contributed by atoms with Crippen molar-refractivity contribution in [3.8, 4) is 0 Å². The molecule has 2 bridgehead atoms. The van der Waals surface area contributed by atoms with Crippen LogP contribution in [-0.2, 0) is 19.1 Å². The number of hydrogen-bond donors (Lipinski definition) is 2. The van der Waals surface area contributed by atoms with Gasteiger partial charge in [-0.1, -0.05) is 24.3 Å². The number of carboxylic acid groups (broad SMARTS) is 1. The Bertz CT molecular complexity index is 1390. The minimum absolute atomic E-state index is 0.0671. The van der Waals surface area contributed by atoms with E-state index in [1.165, 1.54) is 24.6 Å². The van der Waals surface area contributed by atoms with E-state index in [1.807, 2.05) is 18.2 Å². The molecule has 3 N–H and O–H groups in total. The largest absolute Gasteiger partial charge is 0.490 e. The van der Waals surface area contributed by atoms with Gasteiger partial charge < -0.3 is 15.6 Å². The second-order valence-corrected chi connectivity index (χ2v) is 8.66. The molecule has 0 radical (unpaired) electrons. The maximum absolute atomic E-state index is 13.3. The van der Waals surface area contributed by atoms with Gasteiger partial charge in [0.15, 0.2) is 23.2 Å². The first-order chi connectivity index (χ1) is 18.3. The zero-order chi connectivity index (χ0) is 29.0. The molecule has 13 heteroatoms. The Morgan fingerprint density at radius 1 is 1.18 bits per heavy atom. The first kappa shape index (κ1) is 29.0. The molecular weight excluding hydrogens is 521 g/mol. The zero-order valence-electron chi connectivity index (χ0n) is 20.8. The molecule has 0 spiro atoms. The summed E-state index contributed by atoms with van der Waals surface area (Å²) in [6.45, 7) is 3.54. The summed E-state index contributed by atoms with van der Waals surface area (Å²) in [6, 6.07) is 0. The predicted molar refractivity (Wildman–Crippen MR) is 135 cm³/mol. The Kier molecular flexibility index (Phi) is 8.54. The van der Waals surface area contributed by atoms with E-state index in [2.05, 4.69) is 9.98 Å². The summed E-state index contributed by atoms with van der Waals surface area (Å²) >= 11 is 0. The fraction of sp³-hybridized carbons (Fsp3) is 0.269. The van der Waals surface area contributed by atoms with Gasteiger partial charge in [0.2, 0.25) is 12.2 Å². The molecule has 2 atom stereocenters. The number of nitroso groups, excluding NO2 is 1. The van der Waals surface area contributed by atoms with Gasteiger partial charge in [-0.15, -0.1) is 0 Å². The Hall–Kier alpha value is -4.52. The van der Waals surface area contributed by atoms with Crippen molar-refractivity contribution in [2.75, 3.05) is 13.1 Å². The number of hydrogen-bond acceptors (Lipinski definition) is 8. The van der Waals surface area contributed by atoms with Crippen LogP contribution in [0.2, 0.25) is 0 Å². The van der Waals surface area contributed by atoms with Crippen molar-refractivity contribution in [3.05, 3.63) is 87.4 Å². The van der Waals surface area contributed by atoms with E-state index in [1.54, 1.807) is 32.2 Å². The van der Waals surface area contributed by atoms with E-state index in [4.69, 9.17) is 20.4 Å². The molecule has 39 heavy (non-hydrogen) atoms. The van der Waals surface area contributed by atoms with E-state index in [-0.39, 0.29) is 35.9 Å². The number of aliphatic carboxylic acids is 1. The molecule has 0 saturated carbocycles. The van der Waals surface area contributed by atoms with Gasteiger partial charge >= 0.3 is 12.1 Å². The molecule has 0 aromatic heterocycles. The van der Waals surface area contributed by atoms with Crippen LogP contribution in [0.3, 0.4) is 0 Å². The molecule has 2 aliphatic carbocycles. The van der Waals surface area contributed by atoms with Crippen LogP contribution < -0.4 is 5.73 Å². The number of carbonyl (C=O) groups excluding carboxylic acids is 2. The number of ether oxygens (including phenoxy) is 1. The summed E-state index contributed by atoms with van der Waals surface area (Å²) in [5, 5.41) is 7.12. The van der Waals surface area contributed by atoms with Gasteiger partial charge in [0, 0.05) is 40.8 Å². The van der Waals surface area contributed by atoms with Gasteiger partial charge in [0.1, 0.15) is 12.3 Å². The number of carbonyl (C=O) groups is 3. The fourth-order valence-corrected chi connectivity index (χ4v) is 3.83. The van der Waals surface area contributed by atoms with Gasteiger partial charge in [0.25, 0.3) is 0 Å². The van der Waals surface area contributed by atoms with Crippen molar-refractivity contribution in [1.29, 1.82) is 0 Å². The molecule has 4 aliphatic rings. The number of halogens is 3. The monoisotopic (exact) mass is 545 g/mol. The Morgan fingerprint density at radius 2 is 1.87 bits per heavy atom. The van der Waals surface area contributed by atoms with E-state index < -0.39 is 29.6 Å². The molecule has 0 aromatic rings. The summed E-state index contributed by atoms with van der Waals surface area (Å²) < 4.78 is 38.8. The topological polar surface area (TPSA) is 151 Å². The van der Waals surface area contributed by atoms with Crippen LogP contribution in [-0.4, -0.2) is 70.7 Å². The maximum Gasteiger partial charge on any atom is 0.490 e. The van der Waals surface area contributed by atoms with Gasteiger partial charge in [-0.2, -0.15) is 13.2 Å². The highest BCUT2D eigenvalue weighted by Gasteiger charge is 2.46. The fourth-order valence-electron chi connectivity index (χ4n) is 3.83. The average molecular weight is 545 g/mol. The molecule has 4 rings (SSSR count). The van der Waals surface area contributed by atoms with Crippen LogP contribution in [0.25, 0.3) is 0 Å². The Balaban J connectivity index is 0.000000532. The molecule has 2 unspecified atom stereocenters. The normalized spacial score (nSPS) is 29.3. The molecule has 204 valence electrons. The predicted octanol–water partition coefficient (Wildman–Crippen LogP) is 2.84. The van der Waals surface area contributed by atoms with E-state index in [0.29, 0.717) is 10.3 Å². The van der Waals surface area contributed by atoms with Crippen LogP contribution in [0.15, 0.2) is 92.5 Å². The summed E-state index contributed by atoms with van der Waals surface area (Å²) in [6.07, 6.45) is 10.4. The van der Waals surface area contributed by atoms with Crippen LogP contribution in [0.1, 0.15) is 13.8 Å². The highest BCUT2D eigenvalue weighted by atomic mass is 19.4. The van der Waals surface area contributed by atoms with Crippen molar-refractivity contribution in [1.82, 2.24) is 0 Å². The smallest absolute Gasteiger partial charge is 0.482 e. The van der Waals surface area contributed by atoms with Crippen molar-refractivity contribution >= 4 is 30.0 Å². The number of ketones is 2. The first-order valence-electron chi connectivity index (χ1n) is 11.5. The molecule has 10 nitrogen and oxygen atoms in total. The van der Waals surface area contributed by atoms with E-state index >= 15 is 0 Å². The molecule has 2 aliphatic heterocycles. The third-order valence-corrected chi connectivity index (χ3v) is 5.85. The van der Waals surface area contributed by atoms with Crippen molar-refractivity contribution in [3.63, 3.8) is 0 Å². The molecule has 0 amide bonds. The third-order valence-electron chi connectivity index (χ3n) is 5.85. The average Bonchev–Trinajstić information content (AvgIpc) is 3.00. The molecule has 2 heterocycles. The number of allylic oxidation sites excluding steroid dienone is 6. The Labute approximate surface area is 220 Å². The number of nitrogens with zero attached hydrogens (tertiary/aromatic N) is 3. The molecular formula is C26H24F3N4O6+. The number of nitrogens with two attached hydrogens (primary N) is 1. The van der Waals surface area contributed by atoms with Crippen molar-refractivity contribution < 1.29 is 42.2 Å². The highest BCUT2D eigenvalue weighted by Crippen LogP contribution is 2.39. The van der Waals surface area contributed by atoms with Gasteiger partial charge in [0.05, 0.1) is 11.6 Å². The van der Waals surface area contributed by atoms with Gasteiger partial charge in [-0.25, -0.2) is 4.79 Å². The zero-order valence-corrected chi connectivity index (χ0v) is 20.8. The molecule has 0 fully saturated rings. The van der Waals surface area contributed by atoms with Crippen molar-refractivity contribution in [2.24, 2.45) is 15.7 Å². The van der Waals surface area contributed by atoms with Crippen molar-refractivity contribution in [2.45, 2.75) is 31.7 Å². The third kappa shape index (κ3) is 6.49. The minimum Gasteiger partial charge on any atom is -0.482 e. The lowest BCUT2D eigenvalue weighted by Gasteiger charge is -2.33. The number of rotatable bonds is 0. The number of alkyl halides is 3. The SMILES string of the molecule is CC1=CC(=O)C2(N)C=CC3=CC=C\C4=C/N=C\C=N\CC[N+](=O)/C(C)=C/C(=O)C1=C2OC34.O=C(O)C(F)(F)F. The quantitative estimate of drug-likeness (QED) is 0.444. The van der Waals surface area contributed by atoms with Crippen LogP contribution in [0.5, 0.6) is 0 Å². The lowest BCUT2D eigenvalue weighted by atomic mass is 9.80. The summed E-state index contributed by atoms with van der Waals surface area (Å²) in [7, 11) is 0. The first-order valence-corrected chi connectivity index (χ1v) is 11.5. The summed E-state index contributed by atoms with van der Waals surface area (Å²) in [4.78, 5) is 55.8. The summed E-state index contributed by atoms with van der Waals surface area (Å²) in [5.74, 6) is -3.53. The van der Waals surface area contributed by atoms with E-state index in [9.17, 15) is 27.7 Å². The number of aliphatic imine (C=N–C) groups is 2. The standard InChI is InChI=1S/C24H23N4O4.C2HF3O2/c1-15-12-20(30)24(25)7-6-17-4-3-5-18-14-27-9-8-26-10-11-28(31)16(2)13-19(29)21(15)23(24)32-22(17)18;3-2(4,5)1(6)7/h3-9,12-14,22H,10-11,25H2,1-2H3;(H,6,7)/q+1;/b16-13+,18-14+,26-8+,27-9-;. The minimum atomic E-state index is -5.08. The van der Waals surface area contributed by atoms with Crippen LogP contribution in [0, 0.1) is 4.91 Å². The summed E-state index contributed by atoms with van der Waals surface area (Å²) in [5.41, 5.74) is 7.21. The van der Waals surface area contributed by atoms with E-state index in [0.717, 1.165) is 11.1 Å². The second-order valence-electron chi connectivity index (χ2n) is 8.66. The van der Waals surface area contributed by atoms with Crippen LogP contribution >= 0.6 is 0 Å². The number of carboxylic acids is 1. The van der Waals surface area contributed by atoms with Gasteiger partial charge in [-0.05, 0) is 30.2 Å². The lowest BCUT2D eigenvalue weighted by molar-refractivity contribution is -0.495. The maximum atomic E-state index is 13.3. The Morgan fingerprint density at radius 3 is 2.54 bits per heavy atom. The van der Waals surface area contributed by atoms with Crippen LogP contribution in [0.4, 0.5) is 13.2 Å². The second kappa shape index (κ2) is 11.5. The highest BCUT2D eigenvalue weighted by molar-refractivity contribution is 6.16. The lowest BCUT2D eigenvalue weighted by Crippen LogP contribution is -2.50. The molecule has 0 saturated heterocycles. The van der Waals surface area contributed by atoms with Gasteiger partial charge in [-0.3, -0.25) is 19.6 Å². The molecule has 0 aromatic carbocycles.